The van der Waals surface area contributed by atoms with Crippen LogP contribution >= 0.6 is 0 Å². The highest BCUT2D eigenvalue weighted by atomic mass is 16.2. The largest absolute Gasteiger partial charge is 0.328 e. The molecule has 2 saturated heterocycles. The molecule has 2 unspecified atom stereocenters. The van der Waals surface area contributed by atoms with E-state index in [1.165, 1.54) is 37.7 Å². The van der Waals surface area contributed by atoms with Gasteiger partial charge < -0.3 is 15.5 Å². The lowest BCUT2D eigenvalue weighted by molar-refractivity contribution is 0.0672. The van der Waals surface area contributed by atoms with Crippen molar-refractivity contribution in [2.75, 3.05) is 19.6 Å². The van der Waals surface area contributed by atoms with Crippen LogP contribution in [0, 0.1) is 5.41 Å². The van der Waals surface area contributed by atoms with E-state index < -0.39 is 0 Å². The number of piperidine rings is 2. The number of amides is 2. The fourth-order valence-electron chi connectivity index (χ4n) is 5.30. The number of hydrogen-bond donors (Lipinski definition) is 1. The van der Waals surface area contributed by atoms with Gasteiger partial charge in [0.1, 0.15) is 0 Å². The van der Waals surface area contributed by atoms with Crippen LogP contribution in [0.4, 0.5) is 4.79 Å². The summed E-state index contributed by atoms with van der Waals surface area (Å²) in [4.78, 5) is 17.7. The van der Waals surface area contributed by atoms with E-state index in [4.69, 9.17) is 5.73 Å². The van der Waals surface area contributed by atoms with Crippen molar-refractivity contribution < 1.29 is 4.79 Å². The summed E-state index contributed by atoms with van der Waals surface area (Å²) in [5.74, 6) is 0. The standard InChI is InChI=1S/C21H31N3O/c22-18-9-14-24(19(15-18)17-7-2-1-3-8-17)20(25)23-13-6-12-21(16-23)10-4-5-11-21/h1-3,7-8,18-19H,4-6,9-16,22H2. The molecule has 2 atom stereocenters. The molecule has 0 radical (unpaired) electrons. The Balaban J connectivity index is 1.53. The molecular weight excluding hydrogens is 310 g/mol. The number of nitrogens with two attached hydrogens (primary N) is 1. The van der Waals surface area contributed by atoms with E-state index in [1.54, 1.807) is 0 Å². The van der Waals surface area contributed by atoms with Gasteiger partial charge in [-0.15, -0.1) is 0 Å². The zero-order valence-corrected chi connectivity index (χ0v) is 15.2. The Labute approximate surface area is 151 Å². The molecule has 0 aromatic heterocycles. The minimum Gasteiger partial charge on any atom is -0.328 e. The Morgan fingerprint density at radius 2 is 1.76 bits per heavy atom. The zero-order valence-electron chi connectivity index (χ0n) is 15.2. The molecule has 4 rings (SSSR count). The van der Waals surface area contributed by atoms with Crippen molar-refractivity contribution in [1.29, 1.82) is 0 Å². The van der Waals surface area contributed by atoms with Crippen LogP contribution in [0.15, 0.2) is 30.3 Å². The summed E-state index contributed by atoms with van der Waals surface area (Å²) in [5, 5.41) is 0. The summed E-state index contributed by atoms with van der Waals surface area (Å²) >= 11 is 0. The predicted molar refractivity (Wildman–Crippen MR) is 100 cm³/mol. The van der Waals surface area contributed by atoms with Gasteiger partial charge in [-0.25, -0.2) is 4.79 Å². The first-order valence-electron chi connectivity index (χ1n) is 10.0. The zero-order chi connectivity index (χ0) is 17.3. The number of hydrogen-bond acceptors (Lipinski definition) is 2. The van der Waals surface area contributed by atoms with Crippen LogP contribution in [-0.4, -0.2) is 41.5 Å². The maximum Gasteiger partial charge on any atom is 0.320 e. The fraction of sp³-hybridized carbons (Fsp3) is 0.667. The third-order valence-corrected chi connectivity index (χ3v) is 6.67. The molecule has 2 aliphatic heterocycles. The third-order valence-electron chi connectivity index (χ3n) is 6.67. The smallest absolute Gasteiger partial charge is 0.320 e. The highest BCUT2D eigenvalue weighted by Crippen LogP contribution is 2.45. The second kappa shape index (κ2) is 6.99. The van der Waals surface area contributed by atoms with E-state index in [1.807, 2.05) is 6.07 Å². The molecule has 4 heteroatoms. The molecule has 25 heavy (non-hydrogen) atoms. The summed E-state index contributed by atoms with van der Waals surface area (Å²) in [5.41, 5.74) is 7.89. The molecule has 3 fully saturated rings. The molecule has 1 spiro atoms. The highest BCUT2D eigenvalue weighted by Gasteiger charge is 2.41. The molecule has 1 aromatic rings. The van der Waals surface area contributed by atoms with E-state index >= 15 is 0 Å². The Morgan fingerprint density at radius 1 is 1.04 bits per heavy atom. The van der Waals surface area contributed by atoms with Gasteiger partial charge in [0.2, 0.25) is 0 Å². The second-order valence-corrected chi connectivity index (χ2v) is 8.42. The number of carbonyl (C=O) groups is 1. The fourth-order valence-corrected chi connectivity index (χ4v) is 5.30. The average molecular weight is 341 g/mol. The first kappa shape index (κ1) is 16.9. The number of rotatable bonds is 1. The van der Waals surface area contributed by atoms with Crippen molar-refractivity contribution >= 4 is 6.03 Å². The van der Waals surface area contributed by atoms with Crippen molar-refractivity contribution in [2.45, 2.75) is 63.5 Å². The molecule has 1 aromatic carbocycles. The molecule has 1 saturated carbocycles. The van der Waals surface area contributed by atoms with Crippen LogP contribution in [0.25, 0.3) is 0 Å². The Morgan fingerprint density at radius 3 is 2.52 bits per heavy atom. The number of nitrogens with zero attached hydrogens (tertiary/aromatic N) is 2. The van der Waals surface area contributed by atoms with Crippen LogP contribution in [0.2, 0.25) is 0 Å². The lowest BCUT2D eigenvalue weighted by Gasteiger charge is -2.45. The molecule has 2 amide bonds. The van der Waals surface area contributed by atoms with Gasteiger partial charge in [-0.3, -0.25) is 0 Å². The van der Waals surface area contributed by atoms with Gasteiger partial charge in [-0.1, -0.05) is 43.2 Å². The van der Waals surface area contributed by atoms with Crippen molar-refractivity contribution in [3.8, 4) is 0 Å². The van der Waals surface area contributed by atoms with Gasteiger partial charge in [0.25, 0.3) is 0 Å². The quantitative estimate of drug-likeness (QED) is 0.841. The molecule has 2 N–H and O–H groups in total. The number of likely N-dealkylation sites (tertiary alicyclic amines) is 2. The monoisotopic (exact) mass is 341 g/mol. The topological polar surface area (TPSA) is 49.6 Å². The first-order valence-corrected chi connectivity index (χ1v) is 10.0. The van der Waals surface area contributed by atoms with Crippen molar-refractivity contribution in [3.05, 3.63) is 35.9 Å². The number of carbonyl (C=O) groups excluding carboxylic acids is 1. The van der Waals surface area contributed by atoms with Crippen LogP contribution < -0.4 is 5.73 Å². The third kappa shape index (κ3) is 3.41. The Bertz CT molecular complexity index is 596. The summed E-state index contributed by atoms with van der Waals surface area (Å²) in [6.45, 7) is 2.67. The van der Waals surface area contributed by atoms with Gasteiger partial charge in [0.15, 0.2) is 0 Å². The van der Waals surface area contributed by atoms with E-state index in [9.17, 15) is 4.79 Å². The lowest BCUT2D eigenvalue weighted by atomic mass is 9.78. The Kier molecular flexibility index (Phi) is 4.72. The van der Waals surface area contributed by atoms with E-state index in [0.29, 0.717) is 5.41 Å². The van der Waals surface area contributed by atoms with Gasteiger partial charge in [-0.05, 0) is 49.5 Å². The summed E-state index contributed by atoms with van der Waals surface area (Å²) in [6.07, 6.45) is 9.55. The SMILES string of the molecule is NC1CCN(C(=O)N2CCCC3(CCCC3)C2)C(c2ccccc2)C1. The maximum atomic E-state index is 13.4. The molecule has 4 nitrogen and oxygen atoms in total. The molecule has 2 heterocycles. The van der Waals surface area contributed by atoms with Gasteiger partial charge >= 0.3 is 6.03 Å². The van der Waals surface area contributed by atoms with Gasteiger partial charge in [0, 0.05) is 25.7 Å². The van der Waals surface area contributed by atoms with E-state index in [2.05, 4.69) is 34.1 Å². The van der Waals surface area contributed by atoms with Crippen LogP contribution in [-0.2, 0) is 0 Å². The van der Waals surface area contributed by atoms with Crippen molar-refractivity contribution in [3.63, 3.8) is 0 Å². The highest BCUT2D eigenvalue weighted by molar-refractivity contribution is 5.75. The lowest BCUT2D eigenvalue weighted by Crippen LogP contribution is -2.54. The molecule has 3 aliphatic rings. The van der Waals surface area contributed by atoms with E-state index in [0.717, 1.165) is 38.9 Å². The minimum atomic E-state index is 0.124. The Hall–Kier alpha value is -1.55. The molecular formula is C21H31N3O. The second-order valence-electron chi connectivity index (χ2n) is 8.42. The van der Waals surface area contributed by atoms with Gasteiger partial charge in [0.05, 0.1) is 6.04 Å². The predicted octanol–water partition coefficient (Wildman–Crippen LogP) is 3.93. The normalized spacial score (nSPS) is 29.2. The molecule has 136 valence electrons. The maximum absolute atomic E-state index is 13.4. The number of benzene rings is 1. The number of urea groups is 1. The summed E-state index contributed by atoms with van der Waals surface area (Å²) in [7, 11) is 0. The van der Waals surface area contributed by atoms with Gasteiger partial charge in [-0.2, -0.15) is 0 Å². The van der Waals surface area contributed by atoms with Crippen LogP contribution in [0.1, 0.15) is 63.0 Å². The van der Waals surface area contributed by atoms with Crippen molar-refractivity contribution in [1.82, 2.24) is 9.80 Å². The van der Waals surface area contributed by atoms with Crippen LogP contribution in [0.5, 0.6) is 0 Å². The summed E-state index contributed by atoms with van der Waals surface area (Å²) in [6, 6.07) is 11.0. The summed E-state index contributed by atoms with van der Waals surface area (Å²) < 4.78 is 0. The van der Waals surface area contributed by atoms with E-state index in [-0.39, 0.29) is 18.1 Å². The average Bonchev–Trinajstić information content (AvgIpc) is 3.09. The molecule has 1 aliphatic carbocycles. The minimum absolute atomic E-state index is 0.124. The van der Waals surface area contributed by atoms with Crippen LogP contribution in [0.3, 0.4) is 0 Å². The molecule has 0 bridgehead atoms. The van der Waals surface area contributed by atoms with Crippen molar-refractivity contribution in [2.24, 2.45) is 11.1 Å². The first-order chi connectivity index (χ1) is 12.2.